The number of H-pyrrole nitrogens is 4. The van der Waals surface area contributed by atoms with Gasteiger partial charge >= 0.3 is 23.9 Å². The number of primary amides is 3. The summed E-state index contributed by atoms with van der Waals surface area (Å²) in [5.74, 6) is -25.0. The summed E-state index contributed by atoms with van der Waals surface area (Å²) < 4.78 is 0. The van der Waals surface area contributed by atoms with E-state index in [4.69, 9.17) is 22.9 Å². The lowest BCUT2D eigenvalue weighted by atomic mass is 9.97. The van der Waals surface area contributed by atoms with Crippen molar-refractivity contribution in [3.63, 3.8) is 0 Å². The Kier molecular flexibility index (Phi) is 43.2. The predicted molar refractivity (Wildman–Crippen MR) is 533 cm³/mol. The van der Waals surface area contributed by atoms with Gasteiger partial charge in [0.05, 0.1) is 57.9 Å². The van der Waals surface area contributed by atoms with Gasteiger partial charge in [0.1, 0.15) is 72.5 Å². The number of unbranched alkanes of at least 4 members (excludes halogenated alkanes) is 2. The summed E-state index contributed by atoms with van der Waals surface area (Å²) in [5.41, 5.74) is 27.0. The average molecular weight is 2090 g/mol. The summed E-state index contributed by atoms with van der Waals surface area (Å²) in [6, 6.07) is -2.14. The molecule has 3 fully saturated rings. The van der Waals surface area contributed by atoms with Gasteiger partial charge in [-0.05, 0) is 67.0 Å². The summed E-state index contributed by atoms with van der Waals surface area (Å²) in [6.07, 6.45) is 1.37. The van der Waals surface area contributed by atoms with Gasteiger partial charge in [-0.2, -0.15) is 0 Å². The number of aliphatic hydroxyl groups excluding tert-OH is 1. The Balaban J connectivity index is 0.919. The van der Waals surface area contributed by atoms with Crippen LogP contribution in [0.15, 0.2) is 104 Å². The van der Waals surface area contributed by atoms with Crippen LogP contribution in [0, 0.1) is 5.92 Å². The molecule has 0 unspecified atom stereocenters. The smallest absolute Gasteiger partial charge is 0.317 e. The number of aliphatic carboxylic acids is 4. The van der Waals surface area contributed by atoms with E-state index >= 15 is 38.4 Å². The summed E-state index contributed by atoms with van der Waals surface area (Å²) in [4.78, 5) is 306. The van der Waals surface area contributed by atoms with Crippen LogP contribution in [-0.2, 0) is 122 Å². The molecular formula is C94H128N26O25S2. The van der Waals surface area contributed by atoms with Crippen LogP contribution < -0.4 is 86.7 Å². The Bertz CT molecular complexity index is 5830. The second-order valence-corrected chi connectivity index (χ2v) is 39.1. The Morgan fingerprint density at radius 2 is 0.939 bits per heavy atom. The average Bonchev–Trinajstić information content (AvgIpc) is 1.67. The van der Waals surface area contributed by atoms with Gasteiger partial charge in [-0.3, -0.25) is 115 Å². The second kappa shape index (κ2) is 55.6. The maximum Gasteiger partial charge on any atom is 0.317 e. The van der Waals surface area contributed by atoms with Crippen molar-refractivity contribution in [2.75, 3.05) is 103 Å². The molecule has 0 aliphatic carbocycles. The molecule has 3 aliphatic heterocycles. The Hall–Kier alpha value is -14.7. The van der Waals surface area contributed by atoms with Gasteiger partial charge in [0.2, 0.25) is 94.5 Å². The Morgan fingerprint density at radius 3 is 1.43 bits per heavy atom. The molecule has 0 saturated carbocycles. The lowest BCUT2D eigenvalue weighted by Crippen LogP contribution is -2.63. The van der Waals surface area contributed by atoms with Crippen molar-refractivity contribution in [2.24, 2.45) is 28.9 Å². The number of amides is 16. The first-order valence-corrected chi connectivity index (χ1v) is 50.4. The first-order chi connectivity index (χ1) is 70.1. The van der Waals surface area contributed by atoms with Crippen LogP contribution in [0.25, 0.3) is 32.7 Å². The van der Waals surface area contributed by atoms with Crippen LogP contribution in [0.3, 0.4) is 0 Å². The van der Waals surface area contributed by atoms with Gasteiger partial charge in [-0.25, -0.2) is 4.98 Å². The molecule has 3 saturated heterocycles. The number of carboxylic acids is 4. The second-order valence-electron chi connectivity index (χ2n) is 36.5. The highest BCUT2D eigenvalue weighted by Crippen LogP contribution is 2.28. The number of nitrogens with two attached hydrogens (primary N) is 4. The molecule has 7 aromatic rings. The monoisotopic (exact) mass is 2080 g/mol. The van der Waals surface area contributed by atoms with Gasteiger partial charge in [0.25, 0.3) is 0 Å². The van der Waals surface area contributed by atoms with Crippen LogP contribution in [0.4, 0.5) is 0 Å². The van der Waals surface area contributed by atoms with E-state index in [-0.39, 0.29) is 136 Å². The number of nitrogens with one attached hydrogen (secondary N) is 16. The molecule has 53 heteroatoms. The molecule has 29 N–H and O–H groups in total. The van der Waals surface area contributed by atoms with E-state index in [0.717, 1.165) is 11.8 Å². The van der Waals surface area contributed by atoms with Gasteiger partial charge in [-0.15, -0.1) is 0 Å². The number of carboxylic acid groups (broad SMARTS) is 4. The van der Waals surface area contributed by atoms with Crippen LogP contribution in [-0.4, -0.2) is 381 Å². The third-order valence-electron chi connectivity index (χ3n) is 25.3. The zero-order valence-corrected chi connectivity index (χ0v) is 82.8. The zero-order chi connectivity index (χ0) is 107. The molecule has 15 atom stereocenters. The lowest BCUT2D eigenvalue weighted by Gasteiger charge is -2.32. The SMILES string of the molecule is CC[C@H](C)[C@H](NC(=O)[C@@H](NC(=O)[C@H](Cc1c[nH]c2ccccc12)NC(=O)CCCCCNC(=O)CN1CCN(CC(=O)O)CCN(CC(=O)O)CCN(CC(=O)O)CC1)[C@@H](C)O)C(=O)N[C@H]1CSSC[C@@H](C(=O)N[C@@H](Cc2c[nH]c3ccccc23)C(=O)N2C[C@H](N)C[C@H]2C(N)=O)NC(=O)[C@H](CC(=O)O)NC(=O)[C@H](Cc2cnc[nH]2)NC(=O)[C@H](Cc2c[nH]c3ccccc23)NC(=O)[C@H](CC(N)=O)NC(=O)[C@H](CC(N)=O)NC1=O. The summed E-state index contributed by atoms with van der Waals surface area (Å²) >= 11 is 0. The first kappa shape index (κ1) is 114. The number of nitrogens with zero attached hydrogens (tertiary/aromatic N) is 6. The van der Waals surface area contributed by atoms with Crippen LogP contribution in [0.1, 0.15) is 101 Å². The van der Waals surface area contributed by atoms with E-state index in [1.807, 2.05) is 0 Å². The number of aliphatic hydroxyl groups is 1. The van der Waals surface area contributed by atoms with E-state index in [2.05, 4.69) is 88.7 Å². The van der Waals surface area contributed by atoms with Gasteiger partial charge < -0.3 is 137 Å². The number of carbonyl (C=O) groups excluding carboxylic acids is 16. The molecule has 796 valence electrons. The number of likely N-dealkylation sites (tertiary alicyclic amines) is 1. The lowest BCUT2D eigenvalue weighted by molar-refractivity contribution is -0.142. The highest BCUT2D eigenvalue weighted by atomic mass is 33.1. The molecule has 4 aromatic heterocycles. The number of fused-ring (bicyclic) bond motifs is 3. The summed E-state index contributed by atoms with van der Waals surface area (Å²) in [7, 11) is 1.34. The molecule has 16 amide bonds. The fraction of sp³-hybridized carbons (Fsp3) is 0.500. The summed E-state index contributed by atoms with van der Waals surface area (Å²) in [6.45, 7) is 4.42. The molecular weight excluding hydrogens is 1960 g/mol. The standard InChI is InChI=1S/C94H128N26O25S2/c1-4-50(2)81(114-93(144)82(51(3)121)115-89(140)63(30-52-38-101-60-17-10-7-14-57(52)60)105-75(124)20-6-5-13-21-100-76(125)43-116-22-24-117(44-78(128)129)26-28-119(46-80(132)133)29-27-118(25-23-116)45-79(130)131)92(143)113-71-48-147-146-47-70(91(142)111-69(32-54-40-103-62-19-12-9-16-59(54)62)94(145)120-42-55(95)33-72(120)83(98)134)112-88(139)68(37-77(126)127)110-85(136)65(34-56-41-99-49-104-56)107-84(135)64(31-53-39-102-61-18-11-8-15-58(53)61)106-86(137)66(35-73(96)122)108-87(138)67(36-74(97)123)109-90(71)141/h7-12,14-19,38-41,49-51,55,63-72,81-82,101-103,121H,4-6,13,20-37,42-48,95H2,1-3H3,(H2,96,122)(H2,97,123)(H2,98,134)(H,99,104)(H,100,125)(H,105,124)(H,106,137)(H,107,135)(H,108,138)(H,109,141)(H,110,136)(H,111,142)(H,112,139)(H,113,143)(H,114,144)(H,115,140)(H,126,127)(H,128,129)(H,130,131)(H,132,133)/t50-,51+,55+,63-,64-,65-,66-,67-,68-,69-,70-,71-,72-,81-,82-/m0/s1. The zero-order valence-electron chi connectivity index (χ0n) is 81.2. The topological polar surface area (TPSA) is 783 Å². The number of imidazole rings is 1. The molecule has 0 spiro atoms. The van der Waals surface area contributed by atoms with Crippen molar-refractivity contribution in [2.45, 2.75) is 189 Å². The van der Waals surface area contributed by atoms with E-state index < -0.39 is 253 Å². The molecule has 7 heterocycles. The first-order valence-electron chi connectivity index (χ1n) is 47.9. The fourth-order valence-corrected chi connectivity index (χ4v) is 19.6. The quantitative estimate of drug-likeness (QED) is 0.0125. The van der Waals surface area contributed by atoms with Crippen LogP contribution in [0.5, 0.6) is 0 Å². The molecule has 10 rings (SSSR count). The minimum Gasteiger partial charge on any atom is -0.481 e. The van der Waals surface area contributed by atoms with E-state index in [0.29, 0.717) is 83.8 Å². The van der Waals surface area contributed by atoms with Crippen LogP contribution >= 0.6 is 21.6 Å². The number of hydrogen-bond acceptors (Lipinski definition) is 29. The molecule has 0 bridgehead atoms. The highest BCUT2D eigenvalue weighted by molar-refractivity contribution is 8.76. The van der Waals surface area contributed by atoms with Crippen molar-refractivity contribution in [3.05, 3.63) is 126 Å². The van der Waals surface area contributed by atoms with E-state index in [1.165, 1.54) is 25.6 Å². The maximum atomic E-state index is 15.5. The number of carbonyl (C=O) groups is 20. The van der Waals surface area contributed by atoms with Crippen molar-refractivity contribution >= 4 is 173 Å². The van der Waals surface area contributed by atoms with Crippen LogP contribution in [0.2, 0.25) is 0 Å². The highest BCUT2D eigenvalue weighted by Gasteiger charge is 2.44. The number of hydrogen-bond donors (Lipinski definition) is 25. The number of aromatic nitrogens is 5. The van der Waals surface area contributed by atoms with Crippen molar-refractivity contribution < 1.29 is 121 Å². The normalized spacial score (nSPS) is 21.3. The number of rotatable bonds is 42. The number of aromatic amines is 4. The van der Waals surface area contributed by atoms with Gasteiger partial charge in [-0.1, -0.05) is 103 Å². The van der Waals surface area contributed by atoms with Crippen molar-refractivity contribution in [1.82, 2.24) is 113 Å². The maximum absolute atomic E-state index is 15.5. The molecule has 3 aliphatic rings. The van der Waals surface area contributed by atoms with Gasteiger partial charge in [0.15, 0.2) is 0 Å². The van der Waals surface area contributed by atoms with Gasteiger partial charge in [0, 0.05) is 178 Å². The molecule has 3 aromatic carbocycles. The largest absolute Gasteiger partial charge is 0.481 e. The van der Waals surface area contributed by atoms with Crippen molar-refractivity contribution in [3.8, 4) is 0 Å². The Labute approximate surface area is 850 Å². The third-order valence-corrected chi connectivity index (χ3v) is 27.7. The minimum atomic E-state index is -2.16. The fourth-order valence-electron chi connectivity index (χ4n) is 17.3. The third kappa shape index (κ3) is 35.1. The molecule has 0 radical (unpaired) electrons. The minimum absolute atomic E-state index is 0.0627. The molecule has 51 nitrogen and oxygen atoms in total. The predicted octanol–water partition coefficient (Wildman–Crippen LogP) is -5.93. The molecule has 147 heavy (non-hydrogen) atoms. The number of benzene rings is 3. The van der Waals surface area contributed by atoms with Crippen molar-refractivity contribution in [1.29, 1.82) is 0 Å². The number of para-hydroxylation sites is 3. The summed E-state index contributed by atoms with van der Waals surface area (Å²) in [5, 5.41) is 83.3. The van der Waals surface area contributed by atoms with E-state index in [9.17, 15) is 83.1 Å². The van der Waals surface area contributed by atoms with E-state index in [1.54, 1.807) is 112 Å². The Morgan fingerprint density at radius 1 is 0.483 bits per heavy atom.